The van der Waals surface area contributed by atoms with E-state index >= 15 is 0 Å². The smallest absolute Gasteiger partial charge is 0.254 e. The number of amides is 1. The number of ether oxygens (including phenoxy) is 2. The molecule has 1 fully saturated rings. The molecule has 0 saturated carbocycles. The molecule has 0 aromatic heterocycles. The molecule has 4 nitrogen and oxygen atoms in total. The zero-order chi connectivity index (χ0) is 13.0. The van der Waals surface area contributed by atoms with Crippen LogP contribution in [0, 0.1) is 0 Å². The number of rotatable bonds is 3. The molecule has 0 aliphatic carbocycles. The van der Waals surface area contributed by atoms with E-state index in [0.717, 1.165) is 0 Å². The summed E-state index contributed by atoms with van der Waals surface area (Å²) >= 11 is 5.76. The van der Waals surface area contributed by atoms with Crippen LogP contribution in [0.2, 0.25) is 0 Å². The Morgan fingerprint density at radius 2 is 2.44 bits per heavy atom. The summed E-state index contributed by atoms with van der Waals surface area (Å²) < 4.78 is 10.6. The minimum Gasteiger partial charge on any atom is -0.497 e. The van der Waals surface area contributed by atoms with Gasteiger partial charge in [-0.2, -0.15) is 0 Å². The summed E-state index contributed by atoms with van der Waals surface area (Å²) in [4.78, 5) is 14.1. The lowest BCUT2D eigenvalue weighted by atomic mass is 10.1. The number of nitrogens with zero attached hydrogens (tertiary/aromatic N) is 1. The summed E-state index contributed by atoms with van der Waals surface area (Å²) in [7, 11) is 1.59. The maximum absolute atomic E-state index is 12.3. The Balaban J connectivity index is 2.10. The number of halogens is 1. The summed E-state index contributed by atoms with van der Waals surface area (Å²) in [5, 5.41) is 0. The third kappa shape index (κ3) is 2.94. The maximum atomic E-state index is 12.3. The standard InChI is InChI=1S/C13H16ClNO3/c1-17-11-4-2-3-10(7-11)13(16)15-5-6-18-12(8-14)9-15/h2-4,7,12H,5-6,8-9H2,1H3. The number of carbonyl (C=O) groups is 1. The minimum absolute atomic E-state index is 0.00711. The number of alkyl halides is 1. The topological polar surface area (TPSA) is 38.8 Å². The van der Waals surface area contributed by atoms with Gasteiger partial charge in [-0.05, 0) is 18.2 Å². The summed E-state index contributed by atoms with van der Waals surface area (Å²) in [5.74, 6) is 1.08. The Morgan fingerprint density at radius 1 is 1.61 bits per heavy atom. The van der Waals surface area contributed by atoms with Gasteiger partial charge in [-0.1, -0.05) is 6.07 Å². The molecule has 1 amide bonds. The molecule has 0 radical (unpaired) electrons. The van der Waals surface area contributed by atoms with Gasteiger partial charge in [0, 0.05) is 18.7 Å². The van der Waals surface area contributed by atoms with Gasteiger partial charge in [0.25, 0.3) is 5.91 Å². The predicted octanol–water partition coefficient (Wildman–Crippen LogP) is 1.77. The van der Waals surface area contributed by atoms with Crippen LogP contribution in [0.25, 0.3) is 0 Å². The fourth-order valence-corrected chi connectivity index (χ4v) is 2.12. The van der Waals surface area contributed by atoms with Crippen molar-refractivity contribution in [2.75, 3.05) is 32.7 Å². The average Bonchev–Trinajstić information content (AvgIpc) is 2.46. The molecule has 0 bridgehead atoms. The molecule has 1 aliphatic rings. The maximum Gasteiger partial charge on any atom is 0.254 e. The highest BCUT2D eigenvalue weighted by Crippen LogP contribution is 2.16. The van der Waals surface area contributed by atoms with E-state index in [1.807, 2.05) is 12.1 Å². The first-order valence-electron chi connectivity index (χ1n) is 5.85. The van der Waals surface area contributed by atoms with Gasteiger partial charge in [0.05, 0.1) is 25.7 Å². The van der Waals surface area contributed by atoms with Crippen LogP contribution in [0.4, 0.5) is 0 Å². The highest BCUT2D eigenvalue weighted by molar-refractivity contribution is 6.18. The van der Waals surface area contributed by atoms with E-state index in [4.69, 9.17) is 21.1 Å². The van der Waals surface area contributed by atoms with E-state index in [1.165, 1.54) is 0 Å². The van der Waals surface area contributed by atoms with Crippen molar-refractivity contribution in [1.82, 2.24) is 4.90 Å². The molecule has 1 heterocycles. The van der Waals surface area contributed by atoms with Crippen molar-refractivity contribution in [3.05, 3.63) is 29.8 Å². The van der Waals surface area contributed by atoms with E-state index in [1.54, 1.807) is 24.1 Å². The lowest BCUT2D eigenvalue weighted by Gasteiger charge is -2.32. The van der Waals surface area contributed by atoms with Crippen LogP contribution < -0.4 is 4.74 Å². The van der Waals surface area contributed by atoms with E-state index in [2.05, 4.69) is 0 Å². The van der Waals surface area contributed by atoms with Crippen molar-refractivity contribution >= 4 is 17.5 Å². The van der Waals surface area contributed by atoms with Gasteiger partial charge >= 0.3 is 0 Å². The molecule has 0 spiro atoms. The number of methoxy groups -OCH3 is 1. The van der Waals surface area contributed by atoms with Crippen molar-refractivity contribution in [3.63, 3.8) is 0 Å². The number of hydrogen-bond donors (Lipinski definition) is 0. The number of benzene rings is 1. The van der Waals surface area contributed by atoms with Crippen molar-refractivity contribution in [2.45, 2.75) is 6.10 Å². The van der Waals surface area contributed by atoms with Gasteiger partial charge in [0.1, 0.15) is 5.75 Å². The SMILES string of the molecule is COc1cccc(C(=O)N2CCOC(CCl)C2)c1. The fourth-order valence-electron chi connectivity index (χ4n) is 1.94. The molecule has 1 atom stereocenters. The van der Waals surface area contributed by atoms with Crippen LogP contribution in [0.3, 0.4) is 0 Å². The van der Waals surface area contributed by atoms with E-state index in [-0.39, 0.29) is 12.0 Å². The van der Waals surface area contributed by atoms with Crippen LogP contribution in [-0.4, -0.2) is 49.6 Å². The molecule has 1 aromatic rings. The molecule has 98 valence electrons. The molecule has 1 aromatic carbocycles. The van der Waals surface area contributed by atoms with Crippen LogP contribution in [0.5, 0.6) is 5.75 Å². The molecular weight excluding hydrogens is 254 g/mol. The molecule has 1 saturated heterocycles. The van der Waals surface area contributed by atoms with Crippen LogP contribution in [0.15, 0.2) is 24.3 Å². The van der Waals surface area contributed by atoms with Crippen LogP contribution in [0.1, 0.15) is 10.4 Å². The Hall–Kier alpha value is -1.26. The summed E-state index contributed by atoms with van der Waals surface area (Å²) in [6.07, 6.45) is -0.0741. The zero-order valence-corrected chi connectivity index (χ0v) is 11.0. The number of hydrogen-bond acceptors (Lipinski definition) is 3. The summed E-state index contributed by atoms with van der Waals surface area (Å²) in [5.41, 5.74) is 0.629. The van der Waals surface area contributed by atoms with Gasteiger partial charge in [-0.15, -0.1) is 11.6 Å². The first kappa shape index (κ1) is 13.2. The Kier molecular flexibility index (Phi) is 4.44. The summed E-state index contributed by atoms with van der Waals surface area (Å²) in [6, 6.07) is 7.16. The third-order valence-electron chi connectivity index (χ3n) is 2.91. The fraction of sp³-hybridized carbons (Fsp3) is 0.462. The minimum atomic E-state index is -0.0741. The normalized spacial score (nSPS) is 19.7. The predicted molar refractivity (Wildman–Crippen MR) is 69.4 cm³/mol. The van der Waals surface area contributed by atoms with E-state index in [0.29, 0.717) is 36.9 Å². The summed E-state index contributed by atoms with van der Waals surface area (Å²) in [6.45, 7) is 1.68. The molecule has 0 N–H and O–H groups in total. The second-order valence-corrected chi connectivity index (χ2v) is 4.44. The van der Waals surface area contributed by atoms with E-state index < -0.39 is 0 Å². The van der Waals surface area contributed by atoms with Crippen molar-refractivity contribution in [1.29, 1.82) is 0 Å². The van der Waals surface area contributed by atoms with Gasteiger partial charge in [-0.3, -0.25) is 4.79 Å². The zero-order valence-electron chi connectivity index (χ0n) is 10.3. The van der Waals surface area contributed by atoms with Crippen molar-refractivity contribution < 1.29 is 14.3 Å². The second-order valence-electron chi connectivity index (χ2n) is 4.13. The Morgan fingerprint density at radius 3 is 3.17 bits per heavy atom. The third-order valence-corrected chi connectivity index (χ3v) is 3.26. The Labute approximate surface area is 111 Å². The highest BCUT2D eigenvalue weighted by atomic mass is 35.5. The van der Waals surface area contributed by atoms with Gasteiger partial charge in [0.15, 0.2) is 0 Å². The molecule has 1 aliphatic heterocycles. The van der Waals surface area contributed by atoms with Crippen molar-refractivity contribution in [3.8, 4) is 5.75 Å². The molecule has 5 heteroatoms. The Bertz CT molecular complexity index is 424. The molecular formula is C13H16ClNO3. The number of carbonyl (C=O) groups excluding carboxylic acids is 1. The van der Waals surface area contributed by atoms with E-state index in [9.17, 15) is 4.79 Å². The van der Waals surface area contributed by atoms with Gasteiger partial charge in [-0.25, -0.2) is 0 Å². The second kappa shape index (κ2) is 6.07. The quantitative estimate of drug-likeness (QED) is 0.785. The monoisotopic (exact) mass is 269 g/mol. The lowest BCUT2D eigenvalue weighted by molar-refractivity contribution is -0.0108. The van der Waals surface area contributed by atoms with Crippen LogP contribution in [-0.2, 0) is 4.74 Å². The lowest BCUT2D eigenvalue weighted by Crippen LogP contribution is -2.46. The van der Waals surface area contributed by atoms with Crippen molar-refractivity contribution in [2.24, 2.45) is 0 Å². The first-order chi connectivity index (χ1) is 8.74. The largest absolute Gasteiger partial charge is 0.497 e. The molecule has 18 heavy (non-hydrogen) atoms. The van der Waals surface area contributed by atoms with Gasteiger partial charge in [0.2, 0.25) is 0 Å². The molecule has 1 unspecified atom stereocenters. The highest BCUT2D eigenvalue weighted by Gasteiger charge is 2.24. The molecule has 2 rings (SSSR count). The number of morpholine rings is 1. The average molecular weight is 270 g/mol. The first-order valence-corrected chi connectivity index (χ1v) is 6.39. The van der Waals surface area contributed by atoms with Gasteiger partial charge < -0.3 is 14.4 Å². The van der Waals surface area contributed by atoms with Crippen LogP contribution >= 0.6 is 11.6 Å².